The zero-order valence-corrected chi connectivity index (χ0v) is 18.9. The largest absolute Gasteiger partial charge is 0.497 e. The highest BCUT2D eigenvalue weighted by Gasteiger charge is 2.35. The Morgan fingerprint density at radius 1 is 1.06 bits per heavy atom. The smallest absolute Gasteiger partial charge is 0.255 e. The number of para-hydroxylation sites is 2. The van der Waals surface area contributed by atoms with E-state index in [9.17, 15) is 9.18 Å². The molecule has 3 aromatic carbocycles. The molecule has 0 spiro atoms. The van der Waals surface area contributed by atoms with Gasteiger partial charge in [-0.3, -0.25) is 9.36 Å². The van der Waals surface area contributed by atoms with Gasteiger partial charge in [0.05, 0.1) is 36.9 Å². The summed E-state index contributed by atoms with van der Waals surface area (Å²) < 4.78 is 26.5. The Balaban J connectivity index is 1.69. The Labute approximate surface area is 195 Å². The van der Waals surface area contributed by atoms with Gasteiger partial charge in [0.15, 0.2) is 0 Å². The maximum absolute atomic E-state index is 13.6. The van der Waals surface area contributed by atoms with E-state index in [1.54, 1.807) is 20.3 Å². The van der Waals surface area contributed by atoms with Crippen LogP contribution >= 0.6 is 0 Å². The average molecular weight is 458 g/mol. The van der Waals surface area contributed by atoms with Crippen LogP contribution < -0.4 is 20.1 Å². The van der Waals surface area contributed by atoms with E-state index in [2.05, 4.69) is 10.6 Å². The summed E-state index contributed by atoms with van der Waals surface area (Å²) in [5.41, 5.74) is 4.09. The lowest BCUT2D eigenvalue weighted by Gasteiger charge is -2.31. The standard InChI is InChI=1S/C26H23FN4O3/c1-15-23(25(32)29-17-10-8-16(27)9-11-17)24(19-13-12-18(33-2)14-22(19)34-3)31-21-7-5-4-6-20(21)30-26(31)28-15/h4-14,24H,1-3H3,(H,28,30)(H,29,32). The van der Waals surface area contributed by atoms with Crippen molar-refractivity contribution in [1.29, 1.82) is 0 Å². The molecule has 1 unspecified atom stereocenters. The van der Waals surface area contributed by atoms with E-state index in [1.807, 2.05) is 47.9 Å². The third-order valence-corrected chi connectivity index (χ3v) is 5.91. The minimum Gasteiger partial charge on any atom is -0.497 e. The first-order valence-corrected chi connectivity index (χ1v) is 10.7. The Morgan fingerprint density at radius 2 is 1.82 bits per heavy atom. The number of carbonyl (C=O) groups is 1. The number of hydrogen-bond acceptors (Lipinski definition) is 5. The van der Waals surface area contributed by atoms with E-state index < -0.39 is 6.04 Å². The molecule has 1 amide bonds. The average Bonchev–Trinajstić information content (AvgIpc) is 3.22. The molecule has 5 rings (SSSR count). The van der Waals surface area contributed by atoms with Crippen LogP contribution in [0.1, 0.15) is 18.5 Å². The number of rotatable bonds is 5. The first kappa shape index (κ1) is 21.5. The van der Waals surface area contributed by atoms with Gasteiger partial charge in [-0.1, -0.05) is 12.1 Å². The van der Waals surface area contributed by atoms with Crippen LogP contribution in [0.25, 0.3) is 11.0 Å². The summed E-state index contributed by atoms with van der Waals surface area (Å²) in [5.74, 6) is 1.16. The number of imidazole rings is 1. The number of allylic oxidation sites excluding steroid dienone is 1. The molecule has 0 fully saturated rings. The van der Waals surface area contributed by atoms with Gasteiger partial charge in [-0.2, -0.15) is 0 Å². The number of fused-ring (bicyclic) bond motifs is 3. The lowest BCUT2D eigenvalue weighted by Crippen LogP contribution is -2.31. The molecule has 34 heavy (non-hydrogen) atoms. The molecule has 4 aromatic rings. The van der Waals surface area contributed by atoms with Crippen molar-refractivity contribution in [2.45, 2.75) is 13.0 Å². The molecule has 8 heteroatoms. The van der Waals surface area contributed by atoms with Crippen LogP contribution in [0, 0.1) is 5.82 Å². The molecule has 172 valence electrons. The van der Waals surface area contributed by atoms with E-state index in [0.717, 1.165) is 16.6 Å². The molecule has 0 saturated heterocycles. The third-order valence-electron chi connectivity index (χ3n) is 5.91. The molecule has 7 nitrogen and oxygen atoms in total. The fourth-order valence-electron chi connectivity index (χ4n) is 4.33. The zero-order valence-electron chi connectivity index (χ0n) is 18.9. The van der Waals surface area contributed by atoms with Gasteiger partial charge >= 0.3 is 0 Å². The van der Waals surface area contributed by atoms with Crippen LogP contribution in [-0.4, -0.2) is 29.7 Å². The minimum absolute atomic E-state index is 0.317. The van der Waals surface area contributed by atoms with Crippen LogP contribution in [0.15, 0.2) is 78.0 Å². The molecule has 0 bridgehead atoms. The Morgan fingerprint density at radius 3 is 2.56 bits per heavy atom. The number of amides is 1. The summed E-state index contributed by atoms with van der Waals surface area (Å²) in [6, 6.07) is 18.4. The molecular weight excluding hydrogens is 435 g/mol. The molecule has 1 atom stereocenters. The second-order valence-corrected chi connectivity index (χ2v) is 7.93. The number of benzene rings is 3. The van der Waals surface area contributed by atoms with E-state index in [0.29, 0.717) is 34.4 Å². The topological polar surface area (TPSA) is 77.4 Å². The quantitative estimate of drug-likeness (QED) is 0.434. The van der Waals surface area contributed by atoms with Crippen molar-refractivity contribution < 1.29 is 18.7 Å². The number of nitrogens with one attached hydrogen (secondary N) is 2. The lowest BCUT2D eigenvalue weighted by molar-refractivity contribution is -0.113. The van der Waals surface area contributed by atoms with E-state index in [-0.39, 0.29) is 11.7 Å². The fraction of sp³-hybridized carbons (Fsp3) is 0.154. The number of carbonyl (C=O) groups excluding carboxylic acids is 1. The molecule has 1 aliphatic rings. The van der Waals surface area contributed by atoms with Crippen molar-refractivity contribution in [3.05, 3.63) is 89.4 Å². The number of aromatic nitrogens is 2. The summed E-state index contributed by atoms with van der Waals surface area (Å²) in [5, 5.41) is 6.18. The Bertz CT molecular complexity index is 1430. The molecule has 2 heterocycles. The van der Waals surface area contributed by atoms with Gasteiger partial charge in [0.1, 0.15) is 17.3 Å². The van der Waals surface area contributed by atoms with Gasteiger partial charge in [-0.15, -0.1) is 0 Å². The molecular formula is C26H23FN4O3. The zero-order chi connectivity index (χ0) is 23.8. The summed E-state index contributed by atoms with van der Waals surface area (Å²) in [4.78, 5) is 18.4. The maximum Gasteiger partial charge on any atom is 0.255 e. The SMILES string of the molecule is COc1ccc(C2C(C(=O)Nc3ccc(F)cc3)=C(C)Nc3nc4ccccc4n32)c(OC)c1. The second-order valence-electron chi connectivity index (χ2n) is 7.93. The number of methoxy groups -OCH3 is 2. The Hall–Kier alpha value is -4.33. The van der Waals surface area contributed by atoms with Gasteiger partial charge in [-0.05, 0) is 55.5 Å². The van der Waals surface area contributed by atoms with E-state index >= 15 is 0 Å². The first-order valence-electron chi connectivity index (χ1n) is 10.7. The number of nitrogens with zero attached hydrogens (tertiary/aromatic N) is 2. The van der Waals surface area contributed by atoms with Gasteiger partial charge in [0.25, 0.3) is 5.91 Å². The van der Waals surface area contributed by atoms with Gasteiger partial charge < -0.3 is 20.1 Å². The molecule has 0 saturated carbocycles. The van der Waals surface area contributed by atoms with Crippen LogP contribution in [0.3, 0.4) is 0 Å². The number of hydrogen-bond donors (Lipinski definition) is 2. The number of halogens is 1. The summed E-state index contributed by atoms with van der Waals surface area (Å²) in [7, 11) is 3.17. The van der Waals surface area contributed by atoms with Crippen LogP contribution in [0.2, 0.25) is 0 Å². The molecule has 1 aromatic heterocycles. The van der Waals surface area contributed by atoms with Crippen molar-refractivity contribution in [3.63, 3.8) is 0 Å². The van der Waals surface area contributed by atoms with Crippen molar-refractivity contribution in [2.75, 3.05) is 24.9 Å². The fourth-order valence-corrected chi connectivity index (χ4v) is 4.33. The van der Waals surface area contributed by atoms with Gasteiger partial charge in [-0.25, -0.2) is 9.37 Å². The van der Waals surface area contributed by atoms with Crippen molar-refractivity contribution in [2.24, 2.45) is 0 Å². The van der Waals surface area contributed by atoms with Crippen molar-refractivity contribution >= 4 is 28.6 Å². The maximum atomic E-state index is 13.6. The summed E-state index contributed by atoms with van der Waals surface area (Å²) >= 11 is 0. The van der Waals surface area contributed by atoms with Crippen LogP contribution in [0.5, 0.6) is 11.5 Å². The predicted molar refractivity (Wildman–Crippen MR) is 129 cm³/mol. The highest BCUT2D eigenvalue weighted by atomic mass is 19.1. The van der Waals surface area contributed by atoms with Crippen LogP contribution in [0.4, 0.5) is 16.0 Å². The van der Waals surface area contributed by atoms with E-state index in [4.69, 9.17) is 14.5 Å². The Kier molecular flexibility index (Phi) is 5.41. The lowest BCUT2D eigenvalue weighted by atomic mass is 9.93. The van der Waals surface area contributed by atoms with Crippen molar-refractivity contribution in [1.82, 2.24) is 9.55 Å². The van der Waals surface area contributed by atoms with Crippen molar-refractivity contribution in [3.8, 4) is 11.5 Å². The molecule has 1 aliphatic heterocycles. The molecule has 0 aliphatic carbocycles. The minimum atomic E-state index is -0.537. The normalized spacial score (nSPS) is 15.0. The highest BCUT2D eigenvalue weighted by molar-refractivity contribution is 6.06. The number of ether oxygens (including phenoxy) is 2. The first-order chi connectivity index (χ1) is 16.5. The third kappa shape index (κ3) is 3.63. The summed E-state index contributed by atoms with van der Waals surface area (Å²) in [6.45, 7) is 1.84. The summed E-state index contributed by atoms with van der Waals surface area (Å²) in [6.07, 6.45) is 0. The monoisotopic (exact) mass is 458 g/mol. The number of anilines is 2. The van der Waals surface area contributed by atoms with E-state index in [1.165, 1.54) is 24.3 Å². The predicted octanol–water partition coefficient (Wildman–Crippen LogP) is 5.12. The molecule has 0 radical (unpaired) electrons. The highest BCUT2D eigenvalue weighted by Crippen LogP contribution is 2.43. The van der Waals surface area contributed by atoms with Gasteiger partial charge in [0.2, 0.25) is 5.95 Å². The molecule has 2 N–H and O–H groups in total. The second kappa shape index (κ2) is 8.55. The van der Waals surface area contributed by atoms with Gasteiger partial charge in [0, 0.05) is 23.0 Å². The van der Waals surface area contributed by atoms with Crippen LogP contribution in [-0.2, 0) is 4.79 Å².